The predicted molar refractivity (Wildman–Crippen MR) is 68.3 cm³/mol. The zero-order valence-electron chi connectivity index (χ0n) is 8.74. The molecule has 2 N–H and O–H groups in total. The molecule has 1 aromatic rings. The van der Waals surface area contributed by atoms with Gasteiger partial charge in [-0.25, -0.2) is 4.79 Å². The van der Waals surface area contributed by atoms with Crippen molar-refractivity contribution < 1.29 is 14.7 Å². The number of hydrogen-bond donors (Lipinski definition) is 2. The fourth-order valence-corrected chi connectivity index (χ4v) is 1.75. The lowest BCUT2D eigenvalue weighted by Gasteiger charge is -2.12. The SMILES string of the molecule is CC[C@@H](NC(=O)c1cccc(I)c1)C(=O)O. The van der Waals surface area contributed by atoms with Crippen LogP contribution in [0.3, 0.4) is 0 Å². The Morgan fingerprint density at radius 2 is 2.19 bits per heavy atom. The third-order valence-electron chi connectivity index (χ3n) is 2.10. The first-order valence-corrected chi connectivity index (χ1v) is 5.91. The first kappa shape index (κ1) is 13.0. The summed E-state index contributed by atoms with van der Waals surface area (Å²) >= 11 is 2.10. The molecule has 0 radical (unpaired) electrons. The van der Waals surface area contributed by atoms with Gasteiger partial charge in [0.2, 0.25) is 0 Å². The Morgan fingerprint density at radius 1 is 1.50 bits per heavy atom. The van der Waals surface area contributed by atoms with Gasteiger partial charge >= 0.3 is 5.97 Å². The fourth-order valence-electron chi connectivity index (χ4n) is 1.21. The van der Waals surface area contributed by atoms with Crippen LogP contribution in [0.4, 0.5) is 0 Å². The van der Waals surface area contributed by atoms with Gasteiger partial charge in [0.05, 0.1) is 0 Å². The first-order valence-electron chi connectivity index (χ1n) is 4.83. The number of hydrogen-bond acceptors (Lipinski definition) is 2. The highest BCUT2D eigenvalue weighted by Crippen LogP contribution is 2.08. The van der Waals surface area contributed by atoms with Gasteiger partial charge in [-0.1, -0.05) is 13.0 Å². The van der Waals surface area contributed by atoms with Gasteiger partial charge in [-0.2, -0.15) is 0 Å². The van der Waals surface area contributed by atoms with Crippen molar-refractivity contribution in [2.24, 2.45) is 0 Å². The molecule has 0 aliphatic rings. The average molecular weight is 333 g/mol. The monoisotopic (exact) mass is 333 g/mol. The molecular weight excluding hydrogens is 321 g/mol. The van der Waals surface area contributed by atoms with Crippen LogP contribution in [0.1, 0.15) is 23.7 Å². The standard InChI is InChI=1S/C11H12INO3/c1-2-9(11(15)16)13-10(14)7-4-3-5-8(12)6-7/h3-6,9H,2H2,1H3,(H,13,14)(H,15,16)/t9-/m1/s1. The van der Waals surface area contributed by atoms with E-state index in [0.29, 0.717) is 12.0 Å². The van der Waals surface area contributed by atoms with Crippen molar-refractivity contribution in [1.82, 2.24) is 5.32 Å². The van der Waals surface area contributed by atoms with E-state index in [0.717, 1.165) is 3.57 Å². The summed E-state index contributed by atoms with van der Waals surface area (Å²) in [6.45, 7) is 1.72. The van der Waals surface area contributed by atoms with Crippen LogP contribution < -0.4 is 5.32 Å². The zero-order chi connectivity index (χ0) is 12.1. The predicted octanol–water partition coefficient (Wildman–Crippen LogP) is 1.88. The summed E-state index contributed by atoms with van der Waals surface area (Å²) in [6, 6.07) is 6.17. The molecule has 4 nitrogen and oxygen atoms in total. The molecular formula is C11H12INO3. The van der Waals surface area contributed by atoms with Crippen molar-refractivity contribution in [3.05, 3.63) is 33.4 Å². The number of aliphatic carboxylic acids is 1. The summed E-state index contributed by atoms with van der Waals surface area (Å²) in [4.78, 5) is 22.4. The highest BCUT2D eigenvalue weighted by atomic mass is 127. The number of amides is 1. The van der Waals surface area contributed by atoms with Crippen LogP contribution in [0, 0.1) is 3.57 Å². The van der Waals surface area contributed by atoms with E-state index in [1.165, 1.54) is 0 Å². The van der Waals surface area contributed by atoms with Gasteiger partial charge in [-0.15, -0.1) is 0 Å². The Bertz CT molecular complexity index is 406. The van der Waals surface area contributed by atoms with Gasteiger partial charge < -0.3 is 10.4 Å². The lowest BCUT2D eigenvalue weighted by molar-refractivity contribution is -0.139. The Hall–Kier alpha value is -1.11. The maximum atomic E-state index is 11.7. The molecule has 1 amide bonds. The van der Waals surface area contributed by atoms with E-state index in [4.69, 9.17) is 5.11 Å². The molecule has 0 aliphatic carbocycles. The Labute approximate surface area is 107 Å². The average Bonchev–Trinajstić information content (AvgIpc) is 2.25. The van der Waals surface area contributed by atoms with Crippen LogP contribution in [0.25, 0.3) is 0 Å². The van der Waals surface area contributed by atoms with Crippen molar-refractivity contribution in [2.45, 2.75) is 19.4 Å². The second-order valence-corrected chi connectivity index (χ2v) is 4.53. The van der Waals surface area contributed by atoms with Gasteiger partial charge in [-0.05, 0) is 47.2 Å². The number of halogens is 1. The maximum Gasteiger partial charge on any atom is 0.326 e. The summed E-state index contributed by atoms with van der Waals surface area (Å²) in [5.74, 6) is -1.37. The number of carboxylic acid groups (broad SMARTS) is 1. The van der Waals surface area contributed by atoms with Crippen LogP contribution in [-0.2, 0) is 4.79 Å². The minimum atomic E-state index is -1.01. The third kappa shape index (κ3) is 3.48. The minimum absolute atomic E-state index is 0.354. The number of nitrogens with one attached hydrogen (secondary N) is 1. The number of benzene rings is 1. The number of carbonyl (C=O) groups is 2. The zero-order valence-corrected chi connectivity index (χ0v) is 10.9. The Balaban J connectivity index is 2.75. The van der Waals surface area contributed by atoms with Gasteiger partial charge in [0.15, 0.2) is 0 Å². The van der Waals surface area contributed by atoms with Crippen LogP contribution in [0.2, 0.25) is 0 Å². The first-order chi connectivity index (χ1) is 7.54. The molecule has 0 bridgehead atoms. The normalized spacial score (nSPS) is 11.9. The highest BCUT2D eigenvalue weighted by Gasteiger charge is 2.18. The summed E-state index contributed by atoms with van der Waals surface area (Å²) < 4.78 is 0.939. The van der Waals surface area contributed by atoms with Crippen LogP contribution in [0.15, 0.2) is 24.3 Å². The lowest BCUT2D eigenvalue weighted by atomic mass is 10.1. The van der Waals surface area contributed by atoms with Crippen molar-refractivity contribution >= 4 is 34.5 Å². The second-order valence-electron chi connectivity index (χ2n) is 3.28. The van der Waals surface area contributed by atoms with E-state index < -0.39 is 12.0 Å². The highest BCUT2D eigenvalue weighted by molar-refractivity contribution is 14.1. The van der Waals surface area contributed by atoms with Crippen molar-refractivity contribution in [3.8, 4) is 0 Å². The molecule has 1 atom stereocenters. The van der Waals surface area contributed by atoms with Gasteiger partial charge in [0.1, 0.15) is 6.04 Å². The molecule has 86 valence electrons. The van der Waals surface area contributed by atoms with Crippen molar-refractivity contribution in [2.75, 3.05) is 0 Å². The van der Waals surface area contributed by atoms with E-state index in [-0.39, 0.29) is 5.91 Å². The summed E-state index contributed by atoms with van der Waals surface area (Å²) in [5.41, 5.74) is 0.478. The Morgan fingerprint density at radius 3 is 2.69 bits per heavy atom. The van der Waals surface area contributed by atoms with Crippen LogP contribution >= 0.6 is 22.6 Å². The lowest BCUT2D eigenvalue weighted by Crippen LogP contribution is -2.40. The van der Waals surface area contributed by atoms with Gasteiger partial charge in [0.25, 0.3) is 5.91 Å². The fraction of sp³-hybridized carbons (Fsp3) is 0.273. The van der Waals surface area contributed by atoms with E-state index in [9.17, 15) is 9.59 Å². The molecule has 0 spiro atoms. The second kappa shape index (κ2) is 5.83. The smallest absolute Gasteiger partial charge is 0.326 e. The van der Waals surface area contributed by atoms with E-state index in [1.54, 1.807) is 25.1 Å². The number of carboxylic acids is 1. The van der Waals surface area contributed by atoms with Crippen molar-refractivity contribution in [3.63, 3.8) is 0 Å². The molecule has 1 aromatic carbocycles. The quantitative estimate of drug-likeness (QED) is 0.827. The van der Waals surface area contributed by atoms with E-state index in [2.05, 4.69) is 27.9 Å². The molecule has 5 heteroatoms. The molecule has 1 rings (SSSR count). The van der Waals surface area contributed by atoms with E-state index >= 15 is 0 Å². The summed E-state index contributed by atoms with van der Waals surface area (Å²) in [5, 5.41) is 11.3. The summed E-state index contributed by atoms with van der Waals surface area (Å²) in [6.07, 6.45) is 0.366. The molecule has 0 aromatic heterocycles. The molecule has 0 saturated carbocycles. The maximum absolute atomic E-state index is 11.7. The number of rotatable bonds is 4. The largest absolute Gasteiger partial charge is 0.480 e. The summed E-state index contributed by atoms with van der Waals surface area (Å²) in [7, 11) is 0. The van der Waals surface area contributed by atoms with Crippen molar-refractivity contribution in [1.29, 1.82) is 0 Å². The van der Waals surface area contributed by atoms with Crippen LogP contribution in [-0.4, -0.2) is 23.0 Å². The molecule has 16 heavy (non-hydrogen) atoms. The van der Waals surface area contributed by atoms with Gasteiger partial charge in [-0.3, -0.25) is 4.79 Å². The van der Waals surface area contributed by atoms with E-state index in [1.807, 2.05) is 6.07 Å². The van der Waals surface area contributed by atoms with Crippen LogP contribution in [0.5, 0.6) is 0 Å². The molecule has 0 aliphatic heterocycles. The third-order valence-corrected chi connectivity index (χ3v) is 2.77. The molecule has 0 heterocycles. The minimum Gasteiger partial charge on any atom is -0.480 e. The molecule has 0 unspecified atom stereocenters. The van der Waals surface area contributed by atoms with Gasteiger partial charge in [0, 0.05) is 9.13 Å². The molecule has 0 fully saturated rings. The topological polar surface area (TPSA) is 66.4 Å². The Kier molecular flexibility index (Phi) is 4.72. The molecule has 0 saturated heterocycles. The number of carbonyl (C=O) groups excluding carboxylic acids is 1.